The van der Waals surface area contributed by atoms with E-state index in [0.717, 1.165) is 21.5 Å². The number of aromatic nitrogens is 4. The summed E-state index contributed by atoms with van der Waals surface area (Å²) in [6.07, 6.45) is 0. The normalized spacial score (nSPS) is 10.4. The van der Waals surface area contributed by atoms with Crippen molar-refractivity contribution in [1.29, 1.82) is 0 Å². The second-order valence-electron chi connectivity index (χ2n) is 5.83. The highest BCUT2D eigenvalue weighted by Gasteiger charge is 2.13. The van der Waals surface area contributed by atoms with Gasteiger partial charge in [0, 0.05) is 11.3 Å². The van der Waals surface area contributed by atoms with Crippen LogP contribution < -0.4 is 10.6 Å². The number of anilines is 1. The van der Waals surface area contributed by atoms with Crippen molar-refractivity contribution in [1.82, 2.24) is 25.5 Å². The number of rotatable bonds is 4. The Morgan fingerprint density at radius 1 is 1.04 bits per heavy atom. The lowest BCUT2D eigenvalue weighted by Gasteiger charge is -2.06. The van der Waals surface area contributed by atoms with Crippen LogP contribution in [0.5, 0.6) is 0 Å². The predicted octanol–water partition coefficient (Wildman–Crippen LogP) is 2.31. The van der Waals surface area contributed by atoms with Gasteiger partial charge in [0.25, 0.3) is 5.91 Å². The van der Waals surface area contributed by atoms with Crippen molar-refractivity contribution in [2.24, 2.45) is 0 Å². The first-order valence-corrected chi connectivity index (χ1v) is 8.02. The van der Waals surface area contributed by atoms with Gasteiger partial charge in [0.1, 0.15) is 6.54 Å². The average molecular weight is 350 g/mol. The third-order valence-electron chi connectivity index (χ3n) is 3.69. The van der Waals surface area contributed by atoms with E-state index in [-0.39, 0.29) is 6.54 Å². The molecule has 2 N–H and O–H groups in total. The van der Waals surface area contributed by atoms with E-state index in [0.29, 0.717) is 11.5 Å². The van der Waals surface area contributed by atoms with E-state index in [2.05, 4.69) is 26.0 Å². The number of hydrogen-bond donors (Lipinski definition) is 2. The first kappa shape index (κ1) is 17.3. The molecule has 0 aliphatic carbocycles. The number of carbonyl (C=O) groups is 2. The SMILES string of the molecule is Cc1ccc(NC(=O)NC(=O)Cn2nnc(-c3ccccc3C)n2)cc1. The topological polar surface area (TPSA) is 102 Å². The van der Waals surface area contributed by atoms with E-state index in [1.807, 2.05) is 50.2 Å². The highest BCUT2D eigenvalue weighted by molar-refractivity contribution is 6.01. The van der Waals surface area contributed by atoms with Crippen LogP contribution in [0.15, 0.2) is 48.5 Å². The molecule has 0 radical (unpaired) electrons. The van der Waals surface area contributed by atoms with E-state index in [4.69, 9.17) is 0 Å². The van der Waals surface area contributed by atoms with Crippen molar-refractivity contribution in [2.45, 2.75) is 20.4 Å². The average Bonchev–Trinajstić information content (AvgIpc) is 3.05. The molecule has 0 saturated heterocycles. The van der Waals surface area contributed by atoms with Crippen LogP contribution in [0.1, 0.15) is 11.1 Å². The largest absolute Gasteiger partial charge is 0.325 e. The van der Waals surface area contributed by atoms with Gasteiger partial charge in [-0.25, -0.2) is 4.79 Å². The first-order chi connectivity index (χ1) is 12.5. The maximum atomic E-state index is 12.0. The second-order valence-corrected chi connectivity index (χ2v) is 5.83. The summed E-state index contributed by atoms with van der Waals surface area (Å²) in [4.78, 5) is 25.0. The fourth-order valence-corrected chi connectivity index (χ4v) is 2.34. The maximum Gasteiger partial charge on any atom is 0.325 e. The van der Waals surface area contributed by atoms with Crippen LogP contribution in [0.3, 0.4) is 0 Å². The van der Waals surface area contributed by atoms with Crippen molar-refractivity contribution in [3.05, 3.63) is 59.7 Å². The Labute approximate surface area is 150 Å². The highest BCUT2D eigenvalue weighted by Crippen LogP contribution is 2.17. The standard InChI is InChI=1S/C18H18N6O2/c1-12-7-9-14(10-8-12)19-18(26)20-16(25)11-24-22-17(21-23-24)15-6-4-3-5-13(15)2/h3-10H,11H2,1-2H3,(H2,19,20,25,26). The molecule has 8 heteroatoms. The Hall–Kier alpha value is -3.55. The van der Waals surface area contributed by atoms with E-state index in [1.54, 1.807) is 12.1 Å². The van der Waals surface area contributed by atoms with Gasteiger partial charge < -0.3 is 5.32 Å². The Balaban J connectivity index is 1.57. The molecule has 0 bridgehead atoms. The number of imide groups is 1. The molecule has 26 heavy (non-hydrogen) atoms. The third kappa shape index (κ3) is 4.29. The van der Waals surface area contributed by atoms with Crippen LogP contribution in [0.4, 0.5) is 10.5 Å². The molecule has 2 aromatic carbocycles. The Kier molecular flexibility index (Phi) is 5.02. The molecule has 0 unspecified atom stereocenters. The zero-order valence-electron chi connectivity index (χ0n) is 14.4. The van der Waals surface area contributed by atoms with Gasteiger partial charge >= 0.3 is 6.03 Å². The molecule has 3 aromatic rings. The number of aryl methyl sites for hydroxylation is 2. The van der Waals surface area contributed by atoms with Crippen molar-refractivity contribution in [3.8, 4) is 11.4 Å². The van der Waals surface area contributed by atoms with Gasteiger partial charge in [-0.2, -0.15) is 4.80 Å². The van der Waals surface area contributed by atoms with Gasteiger partial charge in [-0.3, -0.25) is 10.1 Å². The number of hydrogen-bond acceptors (Lipinski definition) is 5. The lowest BCUT2D eigenvalue weighted by atomic mass is 10.1. The number of urea groups is 1. The summed E-state index contributed by atoms with van der Waals surface area (Å²) in [5, 5.41) is 16.8. The summed E-state index contributed by atoms with van der Waals surface area (Å²) < 4.78 is 0. The Morgan fingerprint density at radius 3 is 2.50 bits per heavy atom. The molecule has 0 fully saturated rings. The predicted molar refractivity (Wildman–Crippen MR) is 96.3 cm³/mol. The summed E-state index contributed by atoms with van der Waals surface area (Å²) in [6, 6.07) is 14.3. The van der Waals surface area contributed by atoms with Crippen LogP contribution in [-0.4, -0.2) is 32.1 Å². The summed E-state index contributed by atoms with van der Waals surface area (Å²) in [7, 11) is 0. The first-order valence-electron chi connectivity index (χ1n) is 8.02. The van der Waals surface area contributed by atoms with Gasteiger partial charge in [0.2, 0.25) is 5.82 Å². The van der Waals surface area contributed by atoms with E-state index in [9.17, 15) is 9.59 Å². The number of tetrazole rings is 1. The molecule has 132 valence electrons. The molecule has 3 amide bonds. The maximum absolute atomic E-state index is 12.0. The fraction of sp³-hybridized carbons (Fsp3) is 0.167. The molecule has 8 nitrogen and oxygen atoms in total. The monoisotopic (exact) mass is 350 g/mol. The van der Waals surface area contributed by atoms with Crippen molar-refractivity contribution in [2.75, 3.05) is 5.32 Å². The molecular formula is C18H18N6O2. The lowest BCUT2D eigenvalue weighted by molar-refractivity contribution is -0.120. The number of benzene rings is 2. The lowest BCUT2D eigenvalue weighted by Crippen LogP contribution is -2.37. The van der Waals surface area contributed by atoms with Crippen molar-refractivity contribution in [3.63, 3.8) is 0 Å². The zero-order chi connectivity index (χ0) is 18.5. The zero-order valence-corrected chi connectivity index (χ0v) is 14.4. The van der Waals surface area contributed by atoms with Crippen LogP contribution in [0.2, 0.25) is 0 Å². The molecule has 0 aliphatic heterocycles. The number of carbonyl (C=O) groups excluding carboxylic acids is 2. The van der Waals surface area contributed by atoms with Crippen LogP contribution in [0, 0.1) is 13.8 Å². The molecule has 1 heterocycles. The van der Waals surface area contributed by atoms with Crippen molar-refractivity contribution < 1.29 is 9.59 Å². The quantitative estimate of drug-likeness (QED) is 0.752. The number of nitrogens with one attached hydrogen (secondary N) is 2. The highest BCUT2D eigenvalue weighted by atomic mass is 16.2. The van der Waals surface area contributed by atoms with E-state index < -0.39 is 11.9 Å². The van der Waals surface area contributed by atoms with E-state index in [1.165, 1.54) is 0 Å². The second kappa shape index (κ2) is 7.56. The molecule has 0 aliphatic rings. The molecule has 0 atom stereocenters. The molecule has 0 spiro atoms. The van der Waals surface area contributed by atoms with E-state index >= 15 is 0 Å². The number of nitrogens with zero attached hydrogens (tertiary/aromatic N) is 4. The molecular weight excluding hydrogens is 332 g/mol. The van der Waals surface area contributed by atoms with Crippen LogP contribution in [0.25, 0.3) is 11.4 Å². The van der Waals surface area contributed by atoms with Crippen LogP contribution in [-0.2, 0) is 11.3 Å². The minimum atomic E-state index is -0.613. The smallest absolute Gasteiger partial charge is 0.308 e. The van der Waals surface area contributed by atoms with Crippen LogP contribution >= 0.6 is 0 Å². The third-order valence-corrected chi connectivity index (χ3v) is 3.69. The molecule has 3 rings (SSSR count). The molecule has 1 aromatic heterocycles. The summed E-state index contributed by atoms with van der Waals surface area (Å²) in [5.41, 5.74) is 3.53. The minimum Gasteiger partial charge on any atom is -0.308 e. The van der Waals surface area contributed by atoms with Gasteiger partial charge in [0.05, 0.1) is 0 Å². The summed E-state index contributed by atoms with van der Waals surface area (Å²) in [5.74, 6) is -0.108. The summed E-state index contributed by atoms with van der Waals surface area (Å²) in [6.45, 7) is 3.68. The Bertz CT molecular complexity index is 933. The minimum absolute atomic E-state index is 0.208. The van der Waals surface area contributed by atoms with Gasteiger partial charge in [-0.15, -0.1) is 10.2 Å². The Morgan fingerprint density at radius 2 is 1.77 bits per heavy atom. The van der Waals surface area contributed by atoms with Gasteiger partial charge in [0.15, 0.2) is 0 Å². The number of amides is 3. The van der Waals surface area contributed by atoms with Crippen molar-refractivity contribution >= 4 is 17.6 Å². The summed E-state index contributed by atoms with van der Waals surface area (Å²) >= 11 is 0. The van der Waals surface area contributed by atoms with Gasteiger partial charge in [-0.05, 0) is 36.8 Å². The molecule has 0 saturated carbocycles. The fourth-order valence-electron chi connectivity index (χ4n) is 2.34. The van der Waals surface area contributed by atoms with Gasteiger partial charge in [-0.1, -0.05) is 42.0 Å².